The van der Waals surface area contributed by atoms with Crippen LogP contribution >= 0.6 is 24.0 Å². The SMILES string of the molecule is CC(C)(C)c1cc(C(=S)SCc2ncc[nH]2)cc(C(C)(C)C)c1O. The van der Waals surface area contributed by atoms with Crippen LogP contribution in [0.5, 0.6) is 5.75 Å². The molecule has 0 aliphatic rings. The van der Waals surface area contributed by atoms with Crippen molar-refractivity contribution in [2.45, 2.75) is 58.1 Å². The second kappa shape index (κ2) is 6.89. The number of thioether (sulfide) groups is 1. The van der Waals surface area contributed by atoms with E-state index in [0.29, 0.717) is 11.5 Å². The molecule has 5 heteroatoms. The van der Waals surface area contributed by atoms with Crippen LogP contribution in [0.1, 0.15) is 64.1 Å². The van der Waals surface area contributed by atoms with E-state index >= 15 is 0 Å². The average Bonchev–Trinajstić information content (AvgIpc) is 2.95. The van der Waals surface area contributed by atoms with Crippen molar-refractivity contribution in [1.29, 1.82) is 0 Å². The molecule has 24 heavy (non-hydrogen) atoms. The lowest BCUT2D eigenvalue weighted by Gasteiger charge is -2.28. The third-order valence-corrected chi connectivity index (χ3v) is 5.36. The highest BCUT2D eigenvalue weighted by Crippen LogP contribution is 2.40. The molecule has 3 nitrogen and oxygen atoms in total. The smallest absolute Gasteiger partial charge is 0.123 e. The molecular formula is C19H26N2OS2. The van der Waals surface area contributed by atoms with Gasteiger partial charge in [0.05, 0.1) is 9.95 Å². The van der Waals surface area contributed by atoms with Gasteiger partial charge in [-0.3, -0.25) is 0 Å². The van der Waals surface area contributed by atoms with Crippen molar-refractivity contribution in [1.82, 2.24) is 9.97 Å². The fourth-order valence-electron chi connectivity index (χ4n) is 2.49. The number of rotatable bonds is 3. The number of H-pyrrole nitrogens is 1. The minimum atomic E-state index is -0.151. The van der Waals surface area contributed by atoms with E-state index in [0.717, 1.165) is 26.7 Å². The monoisotopic (exact) mass is 362 g/mol. The van der Waals surface area contributed by atoms with E-state index < -0.39 is 0 Å². The molecule has 1 aromatic heterocycles. The van der Waals surface area contributed by atoms with Gasteiger partial charge in [-0.05, 0) is 28.5 Å². The molecular weight excluding hydrogens is 336 g/mol. The van der Waals surface area contributed by atoms with Crippen LogP contribution in [0.2, 0.25) is 0 Å². The van der Waals surface area contributed by atoms with Gasteiger partial charge in [0.2, 0.25) is 0 Å². The predicted molar refractivity (Wildman–Crippen MR) is 107 cm³/mol. The summed E-state index contributed by atoms with van der Waals surface area (Å²) < 4.78 is 0.822. The summed E-state index contributed by atoms with van der Waals surface area (Å²) >= 11 is 7.23. The third kappa shape index (κ3) is 4.39. The average molecular weight is 363 g/mol. The van der Waals surface area contributed by atoms with Gasteiger partial charge < -0.3 is 10.1 Å². The van der Waals surface area contributed by atoms with E-state index in [-0.39, 0.29) is 10.8 Å². The van der Waals surface area contributed by atoms with Crippen LogP contribution in [0.15, 0.2) is 24.5 Å². The van der Waals surface area contributed by atoms with E-state index in [1.807, 2.05) is 18.3 Å². The molecule has 1 heterocycles. The Hall–Kier alpha value is -1.33. The van der Waals surface area contributed by atoms with E-state index in [1.54, 1.807) is 18.0 Å². The van der Waals surface area contributed by atoms with Crippen LogP contribution < -0.4 is 0 Å². The first-order valence-electron chi connectivity index (χ1n) is 8.03. The lowest BCUT2D eigenvalue weighted by molar-refractivity contribution is 0.423. The van der Waals surface area contributed by atoms with E-state index in [1.165, 1.54) is 0 Å². The van der Waals surface area contributed by atoms with Crippen molar-refractivity contribution in [2.75, 3.05) is 0 Å². The molecule has 1 aromatic carbocycles. The molecule has 0 amide bonds. The normalized spacial score (nSPS) is 12.4. The van der Waals surface area contributed by atoms with Crippen LogP contribution in [0.4, 0.5) is 0 Å². The first kappa shape index (κ1) is 19.0. The summed E-state index contributed by atoms with van der Waals surface area (Å²) in [5.74, 6) is 2.01. The standard InChI is InChI=1S/C19H26N2OS2/c1-18(2,3)13-9-12(10-14(16(13)22)19(4,5)6)17(23)24-11-15-20-7-8-21-15/h7-10,22H,11H2,1-6H3,(H,20,21). The van der Waals surface area contributed by atoms with Crippen LogP contribution in [0, 0.1) is 0 Å². The Balaban J connectivity index is 2.40. The summed E-state index contributed by atoms with van der Waals surface area (Å²) in [5, 5.41) is 10.8. The number of hydrogen-bond donors (Lipinski definition) is 2. The second-order valence-corrected chi connectivity index (χ2v) is 9.68. The molecule has 0 unspecified atom stereocenters. The van der Waals surface area contributed by atoms with Gasteiger partial charge in [0.15, 0.2) is 0 Å². The van der Waals surface area contributed by atoms with E-state index in [2.05, 4.69) is 51.5 Å². The molecule has 2 rings (SSSR count). The van der Waals surface area contributed by atoms with Gasteiger partial charge in [-0.25, -0.2) is 4.98 Å². The van der Waals surface area contributed by atoms with Crippen molar-refractivity contribution in [3.8, 4) is 5.75 Å². The Morgan fingerprint density at radius 3 is 2.08 bits per heavy atom. The molecule has 2 N–H and O–H groups in total. The number of phenols is 1. The van der Waals surface area contributed by atoms with Crippen LogP contribution in [0.3, 0.4) is 0 Å². The van der Waals surface area contributed by atoms with E-state index in [4.69, 9.17) is 12.2 Å². The zero-order valence-electron chi connectivity index (χ0n) is 15.2. The Bertz CT molecular complexity index is 688. The Kier molecular flexibility index (Phi) is 5.45. The van der Waals surface area contributed by atoms with Crippen molar-refractivity contribution in [3.05, 3.63) is 47.0 Å². The summed E-state index contributed by atoms with van der Waals surface area (Å²) in [6.45, 7) is 12.7. The Labute approximate surface area is 154 Å². The number of thiocarbonyl (C=S) groups is 1. The van der Waals surface area contributed by atoms with Crippen molar-refractivity contribution < 1.29 is 5.11 Å². The molecule has 0 radical (unpaired) electrons. The minimum absolute atomic E-state index is 0.151. The zero-order valence-corrected chi connectivity index (χ0v) is 16.9. The predicted octanol–water partition coefficient (Wildman–Crippen LogP) is 5.32. The van der Waals surface area contributed by atoms with Gasteiger partial charge in [-0.1, -0.05) is 53.8 Å². The summed E-state index contributed by atoms with van der Waals surface area (Å²) in [4.78, 5) is 7.33. The number of aromatic hydroxyl groups is 1. The van der Waals surface area contributed by atoms with Crippen molar-refractivity contribution >= 4 is 28.2 Å². The van der Waals surface area contributed by atoms with Gasteiger partial charge in [0, 0.05) is 23.5 Å². The maximum Gasteiger partial charge on any atom is 0.123 e. The molecule has 0 saturated carbocycles. The van der Waals surface area contributed by atoms with Gasteiger partial charge in [0.1, 0.15) is 11.6 Å². The molecule has 0 atom stereocenters. The molecule has 0 aliphatic carbocycles. The second-order valence-electron chi connectivity index (χ2n) is 8.03. The number of nitrogens with zero attached hydrogens (tertiary/aromatic N) is 1. The zero-order chi connectivity index (χ0) is 18.1. The lowest BCUT2D eigenvalue weighted by Crippen LogP contribution is -2.18. The number of nitrogens with one attached hydrogen (secondary N) is 1. The number of phenolic OH excluding ortho intramolecular Hbond substituents is 1. The highest BCUT2D eigenvalue weighted by Gasteiger charge is 2.27. The molecule has 0 fully saturated rings. The van der Waals surface area contributed by atoms with Crippen LogP contribution in [0.25, 0.3) is 0 Å². The first-order valence-corrected chi connectivity index (χ1v) is 9.43. The number of aromatic amines is 1. The first-order chi connectivity index (χ1) is 11.0. The highest BCUT2D eigenvalue weighted by atomic mass is 32.2. The fourth-order valence-corrected chi connectivity index (χ4v) is 3.49. The lowest BCUT2D eigenvalue weighted by atomic mass is 9.78. The Morgan fingerprint density at radius 1 is 1.12 bits per heavy atom. The maximum absolute atomic E-state index is 10.8. The molecule has 0 spiro atoms. The van der Waals surface area contributed by atoms with Crippen LogP contribution in [-0.4, -0.2) is 19.3 Å². The number of hydrogen-bond acceptors (Lipinski definition) is 4. The van der Waals surface area contributed by atoms with Gasteiger partial charge >= 0.3 is 0 Å². The van der Waals surface area contributed by atoms with Crippen molar-refractivity contribution in [2.24, 2.45) is 0 Å². The molecule has 0 bridgehead atoms. The highest BCUT2D eigenvalue weighted by molar-refractivity contribution is 8.23. The third-order valence-electron chi connectivity index (χ3n) is 3.86. The largest absolute Gasteiger partial charge is 0.507 e. The topological polar surface area (TPSA) is 48.9 Å². The number of benzene rings is 1. The maximum atomic E-state index is 10.8. The molecule has 2 aromatic rings. The summed E-state index contributed by atoms with van der Waals surface area (Å²) in [6.07, 6.45) is 3.56. The summed E-state index contributed by atoms with van der Waals surface area (Å²) in [7, 11) is 0. The van der Waals surface area contributed by atoms with E-state index in [9.17, 15) is 5.11 Å². The molecule has 0 saturated heterocycles. The fraction of sp³-hybridized carbons (Fsp3) is 0.474. The Morgan fingerprint density at radius 2 is 1.67 bits per heavy atom. The molecule has 0 aliphatic heterocycles. The van der Waals surface area contributed by atoms with Gasteiger partial charge in [0.25, 0.3) is 0 Å². The minimum Gasteiger partial charge on any atom is -0.507 e. The van der Waals surface area contributed by atoms with Gasteiger partial charge in [-0.2, -0.15) is 0 Å². The molecule has 130 valence electrons. The number of imidazole rings is 1. The summed E-state index contributed by atoms with van der Waals surface area (Å²) in [5.41, 5.74) is 2.56. The number of aromatic nitrogens is 2. The quantitative estimate of drug-likeness (QED) is 0.726. The van der Waals surface area contributed by atoms with Crippen molar-refractivity contribution in [3.63, 3.8) is 0 Å². The van der Waals surface area contributed by atoms with Crippen LogP contribution in [-0.2, 0) is 16.6 Å². The van der Waals surface area contributed by atoms with Gasteiger partial charge in [-0.15, -0.1) is 11.8 Å². The summed E-state index contributed by atoms with van der Waals surface area (Å²) in [6, 6.07) is 4.06.